The maximum Gasteiger partial charge on any atom is 0.164 e. The third kappa shape index (κ3) is 4.96. The van der Waals surface area contributed by atoms with Gasteiger partial charge in [-0.1, -0.05) is 152 Å². The fourth-order valence-corrected chi connectivity index (χ4v) is 7.62. The zero-order chi connectivity index (χ0) is 31.2. The van der Waals surface area contributed by atoms with Crippen molar-refractivity contribution in [3.05, 3.63) is 164 Å². The van der Waals surface area contributed by atoms with E-state index in [9.17, 15) is 0 Å². The number of fused-ring (bicyclic) bond motifs is 5. The quantitative estimate of drug-likeness (QED) is 0.193. The monoisotopic (exact) mass is 617 g/mol. The number of rotatable bonds is 5. The summed E-state index contributed by atoms with van der Waals surface area (Å²) in [7, 11) is 0. The Morgan fingerprint density at radius 2 is 0.787 bits per heavy atom. The summed E-state index contributed by atoms with van der Waals surface area (Å²) in [6.45, 7) is 0. The van der Waals surface area contributed by atoms with Crippen molar-refractivity contribution < 1.29 is 0 Å². The van der Waals surface area contributed by atoms with Crippen LogP contribution in [0, 0.1) is 0 Å². The number of aromatic nitrogens is 3. The fourth-order valence-electron chi connectivity index (χ4n) is 6.42. The van der Waals surface area contributed by atoms with Gasteiger partial charge in [0.1, 0.15) is 0 Å². The molecule has 0 aliphatic heterocycles. The zero-order valence-corrected chi connectivity index (χ0v) is 26.2. The second-order valence-electron chi connectivity index (χ2n) is 11.6. The van der Waals surface area contributed by atoms with Gasteiger partial charge in [-0.3, -0.25) is 0 Å². The Morgan fingerprint density at radius 3 is 1.45 bits per heavy atom. The third-order valence-electron chi connectivity index (χ3n) is 8.74. The molecule has 0 bridgehead atoms. The Bertz CT molecular complexity index is 2540. The molecule has 0 fully saturated rings. The van der Waals surface area contributed by atoms with Gasteiger partial charge in [0.15, 0.2) is 17.5 Å². The van der Waals surface area contributed by atoms with Gasteiger partial charge in [0.25, 0.3) is 0 Å². The lowest BCUT2D eigenvalue weighted by Gasteiger charge is -2.12. The highest BCUT2D eigenvalue weighted by Gasteiger charge is 2.18. The highest BCUT2D eigenvalue weighted by atomic mass is 32.1. The minimum atomic E-state index is 0.654. The summed E-state index contributed by atoms with van der Waals surface area (Å²) in [4.78, 5) is 15.3. The molecule has 9 rings (SSSR count). The van der Waals surface area contributed by atoms with Gasteiger partial charge in [0.05, 0.1) is 0 Å². The Kier molecular flexibility index (Phi) is 6.65. The van der Waals surface area contributed by atoms with Gasteiger partial charge in [-0.2, -0.15) is 0 Å². The van der Waals surface area contributed by atoms with E-state index >= 15 is 0 Å². The summed E-state index contributed by atoms with van der Waals surface area (Å²) >= 11 is 1.82. The van der Waals surface area contributed by atoms with Gasteiger partial charge >= 0.3 is 0 Å². The fraction of sp³-hybridized carbons (Fsp3) is 0. The smallest absolute Gasteiger partial charge is 0.164 e. The van der Waals surface area contributed by atoms with Crippen LogP contribution in [0.15, 0.2) is 164 Å². The van der Waals surface area contributed by atoms with E-state index in [0.29, 0.717) is 17.5 Å². The van der Waals surface area contributed by atoms with E-state index < -0.39 is 0 Å². The van der Waals surface area contributed by atoms with Crippen molar-refractivity contribution in [3.63, 3.8) is 0 Å². The predicted molar refractivity (Wildman–Crippen MR) is 197 cm³/mol. The average Bonchev–Trinajstić information content (AvgIpc) is 3.53. The van der Waals surface area contributed by atoms with Crippen LogP contribution in [0.1, 0.15) is 0 Å². The Morgan fingerprint density at radius 1 is 0.319 bits per heavy atom. The molecule has 2 heterocycles. The number of nitrogens with zero attached hydrogens (tertiary/aromatic N) is 3. The van der Waals surface area contributed by atoms with Crippen molar-refractivity contribution in [1.29, 1.82) is 0 Å². The van der Waals surface area contributed by atoms with Crippen molar-refractivity contribution in [3.8, 4) is 56.4 Å². The molecule has 0 unspecified atom stereocenters. The molecule has 2 aromatic heterocycles. The van der Waals surface area contributed by atoms with Crippen molar-refractivity contribution in [2.24, 2.45) is 0 Å². The largest absolute Gasteiger partial charge is 0.208 e. The van der Waals surface area contributed by atoms with E-state index in [0.717, 1.165) is 27.6 Å². The molecule has 0 saturated carbocycles. The first-order valence-electron chi connectivity index (χ1n) is 15.7. The SMILES string of the molecule is c1ccc(-c2ccc(-c3nc(-c4ccccc4)nc(-c4cc5sc6cc(-c7ccccc7)ccc6c5c5ccccc45)n3)cc2)cc1. The first kappa shape index (κ1) is 27.3. The molecule has 9 aromatic rings. The summed E-state index contributed by atoms with van der Waals surface area (Å²) in [5.74, 6) is 1.98. The summed E-state index contributed by atoms with van der Waals surface area (Å²) < 4.78 is 2.48. The second-order valence-corrected chi connectivity index (χ2v) is 12.7. The average molecular weight is 618 g/mol. The summed E-state index contributed by atoms with van der Waals surface area (Å²) in [6.07, 6.45) is 0. The van der Waals surface area contributed by atoms with Gasteiger partial charge < -0.3 is 0 Å². The minimum absolute atomic E-state index is 0.654. The van der Waals surface area contributed by atoms with Crippen LogP contribution in [0.4, 0.5) is 0 Å². The number of thiophene rings is 1. The van der Waals surface area contributed by atoms with Crippen molar-refractivity contribution >= 4 is 42.3 Å². The summed E-state index contributed by atoms with van der Waals surface area (Å²) in [5, 5.41) is 4.88. The highest BCUT2D eigenvalue weighted by Crippen LogP contribution is 2.43. The molecule has 0 radical (unpaired) electrons. The maximum atomic E-state index is 5.15. The molecular weight excluding hydrogens is 591 g/mol. The lowest BCUT2D eigenvalue weighted by atomic mass is 9.97. The Hall–Kier alpha value is -5.97. The van der Waals surface area contributed by atoms with Crippen LogP contribution in [0.25, 0.3) is 87.4 Å². The minimum Gasteiger partial charge on any atom is -0.208 e. The summed E-state index contributed by atoms with van der Waals surface area (Å²) in [6, 6.07) is 57.4. The van der Waals surface area contributed by atoms with Gasteiger partial charge in [0.2, 0.25) is 0 Å². The molecule has 3 nitrogen and oxygen atoms in total. The van der Waals surface area contributed by atoms with E-state index in [1.165, 1.54) is 42.2 Å². The van der Waals surface area contributed by atoms with Crippen molar-refractivity contribution in [1.82, 2.24) is 15.0 Å². The predicted octanol–water partition coefficient (Wildman–Crippen LogP) is 11.7. The first-order valence-corrected chi connectivity index (χ1v) is 16.5. The molecule has 0 amide bonds. The Balaban J connectivity index is 1.24. The van der Waals surface area contributed by atoms with Crippen molar-refractivity contribution in [2.75, 3.05) is 0 Å². The third-order valence-corrected chi connectivity index (χ3v) is 9.84. The lowest BCUT2D eigenvalue weighted by Crippen LogP contribution is -2.00. The molecule has 0 aliphatic rings. The van der Waals surface area contributed by atoms with E-state index in [4.69, 9.17) is 15.0 Å². The molecule has 0 saturated heterocycles. The molecule has 7 aromatic carbocycles. The Labute approximate surface area is 276 Å². The molecule has 0 aliphatic carbocycles. The molecule has 0 atom stereocenters. The number of hydrogen-bond acceptors (Lipinski definition) is 4. The molecule has 220 valence electrons. The normalized spacial score (nSPS) is 11.4. The van der Waals surface area contributed by atoms with E-state index in [-0.39, 0.29) is 0 Å². The first-order chi connectivity index (χ1) is 23.3. The molecular formula is C43H27N3S. The van der Waals surface area contributed by atoms with Gasteiger partial charge in [0, 0.05) is 36.9 Å². The van der Waals surface area contributed by atoms with Crippen LogP contribution in [0.2, 0.25) is 0 Å². The van der Waals surface area contributed by atoms with Crippen LogP contribution in [0.3, 0.4) is 0 Å². The van der Waals surface area contributed by atoms with Crippen molar-refractivity contribution in [2.45, 2.75) is 0 Å². The molecule has 0 N–H and O–H groups in total. The number of hydrogen-bond donors (Lipinski definition) is 0. The molecule has 0 spiro atoms. The van der Waals surface area contributed by atoms with Gasteiger partial charge in [-0.15, -0.1) is 11.3 Å². The van der Waals surface area contributed by atoms with Gasteiger partial charge in [-0.05, 0) is 45.2 Å². The topological polar surface area (TPSA) is 38.7 Å². The van der Waals surface area contributed by atoms with Crippen LogP contribution >= 0.6 is 11.3 Å². The highest BCUT2D eigenvalue weighted by molar-refractivity contribution is 7.26. The number of benzene rings is 7. The lowest BCUT2D eigenvalue weighted by molar-refractivity contribution is 1.08. The van der Waals surface area contributed by atoms with E-state index in [2.05, 4.69) is 140 Å². The standard InChI is InChI=1S/C43H27N3S/c1-4-12-28(13-5-1)30-20-22-32(23-21-30)42-44-41(31-16-8-3-9-17-31)45-43(46-42)37-27-39-40(35-19-11-10-18-34(35)37)36-25-24-33(26-38(36)47-39)29-14-6-2-7-15-29/h1-27H. The van der Waals surface area contributed by atoms with Crippen LogP contribution in [0.5, 0.6) is 0 Å². The molecule has 4 heteroatoms. The van der Waals surface area contributed by atoms with Crippen LogP contribution in [-0.4, -0.2) is 15.0 Å². The van der Waals surface area contributed by atoms with Gasteiger partial charge in [-0.25, -0.2) is 15.0 Å². The van der Waals surface area contributed by atoms with Crippen LogP contribution < -0.4 is 0 Å². The maximum absolute atomic E-state index is 5.15. The van der Waals surface area contributed by atoms with E-state index in [1.54, 1.807) is 0 Å². The zero-order valence-electron chi connectivity index (χ0n) is 25.3. The summed E-state index contributed by atoms with van der Waals surface area (Å²) in [5.41, 5.74) is 7.69. The molecule has 47 heavy (non-hydrogen) atoms. The second kappa shape index (κ2) is 11.4. The van der Waals surface area contributed by atoms with E-state index in [1.807, 2.05) is 35.6 Å². The van der Waals surface area contributed by atoms with Crippen LogP contribution in [-0.2, 0) is 0 Å².